The Morgan fingerprint density at radius 3 is 2.69 bits per heavy atom. The Balaban J connectivity index is 1.94. The molecule has 0 radical (unpaired) electrons. The highest BCUT2D eigenvalue weighted by Crippen LogP contribution is 2.28. The van der Waals surface area contributed by atoms with Gasteiger partial charge in [-0.1, -0.05) is 12.1 Å². The molecule has 0 unspecified atom stereocenters. The first-order valence-electron chi connectivity index (χ1n) is 8.34. The van der Waals surface area contributed by atoms with Crippen LogP contribution in [0.4, 0.5) is 4.39 Å². The van der Waals surface area contributed by atoms with Gasteiger partial charge in [-0.05, 0) is 37.1 Å². The lowest BCUT2D eigenvalue weighted by Crippen LogP contribution is -2.21. The van der Waals surface area contributed by atoms with Gasteiger partial charge in [-0.25, -0.2) is 13.9 Å². The molecule has 1 N–H and O–H groups in total. The number of benzene rings is 1. The Kier molecular flexibility index (Phi) is 4.00. The number of aryl methyl sites for hydroxylation is 2. The third-order valence-corrected chi connectivity index (χ3v) is 4.45. The second kappa shape index (κ2) is 6.34. The summed E-state index contributed by atoms with van der Waals surface area (Å²) in [5.74, 6) is -0.301. The first-order valence-corrected chi connectivity index (χ1v) is 8.34. The number of pyridine rings is 1. The van der Waals surface area contributed by atoms with Crippen molar-refractivity contribution in [1.82, 2.24) is 19.2 Å². The summed E-state index contributed by atoms with van der Waals surface area (Å²) in [4.78, 5) is 17.1. The minimum absolute atomic E-state index is 0.0289. The lowest BCUT2D eigenvalue weighted by atomic mass is 10.1. The summed E-state index contributed by atoms with van der Waals surface area (Å²) >= 11 is 0. The van der Waals surface area contributed by atoms with Gasteiger partial charge >= 0.3 is 0 Å². The smallest absolute Gasteiger partial charge is 0.261 e. The minimum atomic E-state index is -0.301. The van der Waals surface area contributed by atoms with E-state index in [0.29, 0.717) is 29.5 Å². The van der Waals surface area contributed by atoms with Crippen molar-refractivity contribution in [3.05, 3.63) is 64.6 Å². The highest BCUT2D eigenvalue weighted by molar-refractivity contribution is 5.86. The fraction of sp³-hybridized carbons (Fsp3) is 0.211. The van der Waals surface area contributed by atoms with Crippen LogP contribution in [0.25, 0.3) is 27.7 Å². The van der Waals surface area contributed by atoms with Gasteiger partial charge < -0.3 is 9.67 Å². The maximum atomic E-state index is 13.2. The van der Waals surface area contributed by atoms with Crippen molar-refractivity contribution in [2.75, 3.05) is 6.61 Å². The van der Waals surface area contributed by atoms with Crippen molar-refractivity contribution in [1.29, 1.82) is 0 Å². The molecule has 3 aromatic heterocycles. The third kappa shape index (κ3) is 2.57. The average Bonchev–Trinajstić information content (AvgIpc) is 2.98. The molecule has 132 valence electrons. The highest BCUT2D eigenvalue weighted by Gasteiger charge is 2.16. The maximum absolute atomic E-state index is 13.2. The van der Waals surface area contributed by atoms with Gasteiger partial charge in [0.1, 0.15) is 5.82 Å². The molecule has 0 saturated carbocycles. The highest BCUT2D eigenvalue weighted by atomic mass is 19.1. The van der Waals surface area contributed by atoms with Crippen molar-refractivity contribution < 1.29 is 9.50 Å². The van der Waals surface area contributed by atoms with Crippen LogP contribution in [0.2, 0.25) is 0 Å². The lowest BCUT2D eigenvalue weighted by molar-refractivity contribution is 0.279. The summed E-state index contributed by atoms with van der Waals surface area (Å²) in [5, 5.41) is 14.0. The molecular weight excluding hydrogens is 335 g/mol. The van der Waals surface area contributed by atoms with E-state index in [2.05, 4.69) is 10.1 Å². The summed E-state index contributed by atoms with van der Waals surface area (Å²) in [7, 11) is 0. The van der Waals surface area contributed by atoms with Gasteiger partial charge in [0.2, 0.25) is 0 Å². The van der Waals surface area contributed by atoms with Gasteiger partial charge in [0.05, 0.1) is 16.6 Å². The number of fused-ring (bicyclic) bond motifs is 3. The van der Waals surface area contributed by atoms with Gasteiger partial charge in [0, 0.05) is 31.1 Å². The Bertz CT molecular complexity index is 1160. The molecule has 0 aliphatic rings. The predicted molar refractivity (Wildman–Crippen MR) is 96.6 cm³/mol. The molecule has 0 bridgehead atoms. The molecule has 4 aromatic rings. The first-order chi connectivity index (χ1) is 12.6. The summed E-state index contributed by atoms with van der Waals surface area (Å²) in [6, 6.07) is 8.01. The van der Waals surface area contributed by atoms with Crippen LogP contribution < -0.4 is 5.56 Å². The second-order valence-electron chi connectivity index (χ2n) is 6.15. The van der Waals surface area contributed by atoms with E-state index >= 15 is 0 Å². The van der Waals surface area contributed by atoms with E-state index in [4.69, 9.17) is 5.11 Å². The Hall–Kier alpha value is -3.06. The SMILES string of the molecule is Cc1nn2c(ncc3c(=O)n(CCCO)ccc32)c1-c1ccc(F)cc1. The molecule has 4 rings (SSSR count). The van der Waals surface area contributed by atoms with Crippen LogP contribution in [0, 0.1) is 12.7 Å². The van der Waals surface area contributed by atoms with Gasteiger partial charge in [0.25, 0.3) is 5.56 Å². The average molecular weight is 352 g/mol. The Morgan fingerprint density at radius 2 is 1.96 bits per heavy atom. The number of hydrogen-bond acceptors (Lipinski definition) is 4. The van der Waals surface area contributed by atoms with Gasteiger partial charge in [-0.2, -0.15) is 5.10 Å². The molecule has 7 heteroatoms. The van der Waals surface area contributed by atoms with Crippen LogP contribution >= 0.6 is 0 Å². The quantitative estimate of drug-likeness (QED) is 0.613. The third-order valence-electron chi connectivity index (χ3n) is 4.45. The van der Waals surface area contributed by atoms with Crippen molar-refractivity contribution in [2.24, 2.45) is 0 Å². The molecule has 0 spiro atoms. The fourth-order valence-corrected chi connectivity index (χ4v) is 3.19. The molecule has 0 atom stereocenters. The fourth-order valence-electron chi connectivity index (χ4n) is 3.19. The normalized spacial score (nSPS) is 11.5. The zero-order valence-corrected chi connectivity index (χ0v) is 14.2. The van der Waals surface area contributed by atoms with E-state index < -0.39 is 0 Å². The van der Waals surface area contributed by atoms with E-state index in [9.17, 15) is 9.18 Å². The van der Waals surface area contributed by atoms with Crippen molar-refractivity contribution in [2.45, 2.75) is 19.9 Å². The number of nitrogens with zero attached hydrogens (tertiary/aromatic N) is 4. The maximum Gasteiger partial charge on any atom is 0.261 e. The van der Waals surface area contributed by atoms with Crippen LogP contribution in [0.1, 0.15) is 12.1 Å². The number of aliphatic hydroxyl groups excluding tert-OH is 1. The predicted octanol–water partition coefficient (Wildman–Crippen LogP) is 2.54. The van der Waals surface area contributed by atoms with Crippen LogP contribution in [-0.4, -0.2) is 30.9 Å². The van der Waals surface area contributed by atoms with Crippen molar-refractivity contribution in [3.8, 4) is 11.1 Å². The number of halogens is 1. The van der Waals surface area contributed by atoms with Crippen LogP contribution in [-0.2, 0) is 6.54 Å². The Morgan fingerprint density at radius 1 is 1.19 bits per heavy atom. The molecule has 0 saturated heterocycles. The van der Waals surface area contributed by atoms with Gasteiger partial charge in [-0.15, -0.1) is 0 Å². The van der Waals surface area contributed by atoms with E-state index in [-0.39, 0.29) is 18.0 Å². The molecule has 0 amide bonds. The van der Waals surface area contributed by atoms with Crippen LogP contribution in [0.15, 0.2) is 47.5 Å². The molecule has 3 heterocycles. The first kappa shape index (κ1) is 16.4. The second-order valence-corrected chi connectivity index (χ2v) is 6.15. The van der Waals surface area contributed by atoms with E-state index in [0.717, 1.165) is 16.8 Å². The zero-order chi connectivity index (χ0) is 18.3. The summed E-state index contributed by atoms with van der Waals surface area (Å²) in [6.45, 7) is 2.34. The van der Waals surface area contributed by atoms with E-state index in [1.54, 1.807) is 33.6 Å². The summed E-state index contributed by atoms with van der Waals surface area (Å²) in [5.41, 5.74) is 3.51. The standard InChI is InChI=1S/C19H17FN4O2/c1-12-17(13-3-5-14(20)6-4-13)18-21-11-15-16(24(18)22-12)7-9-23(19(15)26)8-2-10-25/h3-7,9,11,25H,2,8,10H2,1H3. The van der Waals surface area contributed by atoms with E-state index in [1.165, 1.54) is 12.1 Å². The topological polar surface area (TPSA) is 72.4 Å². The number of hydrogen-bond donors (Lipinski definition) is 1. The lowest BCUT2D eigenvalue weighted by Gasteiger charge is -2.07. The molecule has 6 nitrogen and oxygen atoms in total. The summed E-state index contributed by atoms with van der Waals surface area (Å²) in [6.07, 6.45) is 3.77. The van der Waals surface area contributed by atoms with Crippen molar-refractivity contribution in [3.63, 3.8) is 0 Å². The van der Waals surface area contributed by atoms with Crippen LogP contribution in [0.5, 0.6) is 0 Å². The minimum Gasteiger partial charge on any atom is -0.396 e. The van der Waals surface area contributed by atoms with Gasteiger partial charge in [-0.3, -0.25) is 4.79 Å². The number of aliphatic hydroxyl groups is 1. The molecule has 0 fully saturated rings. The monoisotopic (exact) mass is 352 g/mol. The zero-order valence-electron chi connectivity index (χ0n) is 14.2. The molecule has 1 aromatic carbocycles. The Labute approximate surface area is 148 Å². The number of rotatable bonds is 4. The van der Waals surface area contributed by atoms with Crippen LogP contribution in [0.3, 0.4) is 0 Å². The number of aromatic nitrogens is 4. The molecule has 26 heavy (non-hydrogen) atoms. The van der Waals surface area contributed by atoms with Crippen molar-refractivity contribution >= 4 is 16.6 Å². The molecule has 0 aliphatic carbocycles. The summed E-state index contributed by atoms with van der Waals surface area (Å²) < 4.78 is 16.4. The molecular formula is C19H17FN4O2. The van der Waals surface area contributed by atoms with Gasteiger partial charge in [0.15, 0.2) is 5.65 Å². The largest absolute Gasteiger partial charge is 0.396 e. The molecule has 0 aliphatic heterocycles. The van der Waals surface area contributed by atoms with E-state index in [1.807, 2.05) is 13.0 Å².